The molecule has 1 aromatic carbocycles. The Hall–Kier alpha value is 0.160. The van der Waals surface area contributed by atoms with Crippen LogP contribution in [0.1, 0.15) is 0 Å². The lowest BCUT2D eigenvalue weighted by molar-refractivity contribution is 0.211. The Morgan fingerprint density at radius 2 is 2.13 bits per heavy atom. The number of hydrogen-bond acceptors (Lipinski definition) is 2. The van der Waals surface area contributed by atoms with Gasteiger partial charge in [-0.25, -0.2) is 4.39 Å². The molecular weight excluding hydrogens is 352 g/mol. The van der Waals surface area contributed by atoms with Crippen LogP contribution in [0.4, 0.5) is 10.1 Å². The van der Waals surface area contributed by atoms with Gasteiger partial charge in [-0.1, -0.05) is 0 Å². The molecule has 0 radical (unpaired) electrons. The van der Waals surface area contributed by atoms with Crippen molar-refractivity contribution in [3.8, 4) is 0 Å². The Bertz CT molecular complexity index is 351. The van der Waals surface area contributed by atoms with E-state index < -0.39 is 11.9 Å². The van der Waals surface area contributed by atoms with Gasteiger partial charge < -0.3 is 10.4 Å². The van der Waals surface area contributed by atoms with Gasteiger partial charge in [0.2, 0.25) is 0 Å². The van der Waals surface area contributed by atoms with Crippen molar-refractivity contribution in [1.29, 1.82) is 0 Å². The molecule has 0 spiro atoms. The monoisotopic (exact) mass is 359 g/mol. The van der Waals surface area contributed by atoms with Gasteiger partial charge in [-0.3, -0.25) is 0 Å². The molecule has 2 nitrogen and oxygen atoms in total. The number of benzene rings is 1. The zero-order valence-electron chi connectivity index (χ0n) is 7.61. The van der Waals surface area contributed by atoms with E-state index in [4.69, 9.17) is 11.6 Å². The van der Waals surface area contributed by atoms with Crippen molar-refractivity contribution in [2.24, 2.45) is 0 Å². The first-order valence-corrected chi connectivity index (χ1v) is 6.29. The third-order valence-electron chi connectivity index (χ3n) is 1.74. The highest BCUT2D eigenvalue weighted by molar-refractivity contribution is 9.13. The summed E-state index contributed by atoms with van der Waals surface area (Å²) in [6.07, 6.45) is -0.687. The summed E-state index contributed by atoms with van der Waals surface area (Å²) in [5.41, 5.74) is 0.328. The predicted octanol–water partition coefficient (Wildman–Crippen LogP) is 3.36. The van der Waals surface area contributed by atoms with Crippen molar-refractivity contribution >= 4 is 49.1 Å². The van der Waals surface area contributed by atoms with Crippen LogP contribution in [0, 0.1) is 5.82 Å². The van der Waals surface area contributed by atoms with Gasteiger partial charge in [-0.15, -0.1) is 11.6 Å². The first kappa shape index (κ1) is 13.2. The van der Waals surface area contributed by atoms with Crippen molar-refractivity contribution in [2.75, 3.05) is 17.7 Å². The Labute approximate surface area is 109 Å². The number of aliphatic hydroxyl groups excluding tert-OH is 1. The molecule has 2 N–H and O–H groups in total. The van der Waals surface area contributed by atoms with Gasteiger partial charge in [-0.05, 0) is 44.0 Å². The van der Waals surface area contributed by atoms with E-state index in [0.29, 0.717) is 14.6 Å². The molecule has 1 atom stereocenters. The van der Waals surface area contributed by atoms with Crippen LogP contribution in [0.25, 0.3) is 0 Å². The number of halogens is 4. The molecule has 6 heteroatoms. The quantitative estimate of drug-likeness (QED) is 0.637. The van der Waals surface area contributed by atoms with Crippen molar-refractivity contribution in [3.05, 3.63) is 26.9 Å². The summed E-state index contributed by atoms with van der Waals surface area (Å²) in [6.45, 7) is 0.217. The van der Waals surface area contributed by atoms with E-state index in [9.17, 15) is 9.50 Å². The summed E-state index contributed by atoms with van der Waals surface area (Å²) in [4.78, 5) is 0. The highest BCUT2D eigenvalue weighted by atomic mass is 79.9. The zero-order chi connectivity index (χ0) is 11.4. The number of alkyl halides is 1. The average molecular weight is 361 g/mol. The minimum Gasteiger partial charge on any atom is -0.390 e. The molecule has 1 rings (SSSR count). The number of nitrogens with one attached hydrogen (secondary N) is 1. The van der Waals surface area contributed by atoms with Crippen LogP contribution in [0.2, 0.25) is 0 Å². The summed E-state index contributed by atoms with van der Waals surface area (Å²) in [5.74, 6) is -0.280. The summed E-state index contributed by atoms with van der Waals surface area (Å²) in [6, 6.07) is 3.30. The lowest BCUT2D eigenvalue weighted by Crippen LogP contribution is -2.21. The Morgan fingerprint density at radius 1 is 1.47 bits per heavy atom. The maximum Gasteiger partial charge on any atom is 0.161 e. The summed E-state index contributed by atoms with van der Waals surface area (Å²) in [5, 5.41) is 12.0. The van der Waals surface area contributed by atoms with Gasteiger partial charge >= 0.3 is 0 Å². The average Bonchev–Trinajstić information content (AvgIpc) is 2.24. The topological polar surface area (TPSA) is 32.3 Å². The van der Waals surface area contributed by atoms with E-state index >= 15 is 0 Å². The molecule has 0 aliphatic carbocycles. The summed E-state index contributed by atoms with van der Waals surface area (Å²) < 4.78 is 14.6. The molecule has 1 unspecified atom stereocenters. The fourth-order valence-electron chi connectivity index (χ4n) is 0.945. The third-order valence-corrected chi connectivity index (χ3v) is 4.07. The summed E-state index contributed by atoms with van der Waals surface area (Å²) >= 11 is 11.7. The Kier molecular flexibility index (Phi) is 5.32. The van der Waals surface area contributed by atoms with E-state index in [-0.39, 0.29) is 12.4 Å². The van der Waals surface area contributed by atoms with E-state index in [2.05, 4.69) is 37.2 Å². The molecule has 0 amide bonds. The lowest BCUT2D eigenvalue weighted by Gasteiger charge is -2.11. The number of aliphatic hydroxyl groups is 1. The molecular formula is C9H9Br2ClFNO. The molecule has 15 heavy (non-hydrogen) atoms. The van der Waals surface area contributed by atoms with E-state index in [0.717, 1.165) is 0 Å². The fraction of sp³-hybridized carbons (Fsp3) is 0.333. The molecule has 0 saturated carbocycles. The van der Waals surface area contributed by atoms with Gasteiger partial charge in [0, 0.05) is 11.0 Å². The van der Waals surface area contributed by atoms with Crippen LogP contribution < -0.4 is 5.32 Å². The van der Waals surface area contributed by atoms with Crippen LogP contribution in [-0.2, 0) is 0 Å². The second-order valence-corrected chi connectivity index (χ2v) is 4.87. The van der Waals surface area contributed by atoms with Crippen LogP contribution in [0.3, 0.4) is 0 Å². The van der Waals surface area contributed by atoms with Crippen molar-refractivity contribution in [3.63, 3.8) is 0 Å². The SMILES string of the molecule is OC(CCl)CNc1ccc(Br)c(Br)c1F. The minimum atomic E-state index is -0.687. The first-order chi connectivity index (χ1) is 7.06. The van der Waals surface area contributed by atoms with Gasteiger partial charge in [0.1, 0.15) is 0 Å². The van der Waals surface area contributed by atoms with Crippen molar-refractivity contribution in [1.82, 2.24) is 0 Å². The molecule has 0 bridgehead atoms. The predicted molar refractivity (Wildman–Crippen MR) is 67.0 cm³/mol. The molecule has 0 fully saturated rings. The first-order valence-electron chi connectivity index (χ1n) is 4.17. The zero-order valence-corrected chi connectivity index (χ0v) is 11.5. The molecule has 0 aliphatic heterocycles. The van der Waals surface area contributed by atoms with Gasteiger partial charge in [0.15, 0.2) is 5.82 Å². The minimum absolute atomic E-state index is 0.117. The largest absolute Gasteiger partial charge is 0.390 e. The fourth-order valence-corrected chi connectivity index (χ4v) is 1.71. The second kappa shape index (κ2) is 6.03. The maximum absolute atomic E-state index is 13.6. The molecule has 84 valence electrons. The van der Waals surface area contributed by atoms with Crippen LogP contribution in [0.5, 0.6) is 0 Å². The third kappa shape index (κ3) is 3.59. The standard InChI is InChI=1S/C9H9Br2ClFNO/c10-6-1-2-7(9(13)8(6)11)14-4-5(15)3-12/h1-2,5,14-15H,3-4H2. The smallest absolute Gasteiger partial charge is 0.161 e. The highest BCUT2D eigenvalue weighted by Gasteiger charge is 2.10. The molecule has 0 aromatic heterocycles. The Balaban J connectivity index is 2.74. The Morgan fingerprint density at radius 3 is 2.73 bits per heavy atom. The number of rotatable bonds is 4. The van der Waals surface area contributed by atoms with Crippen LogP contribution in [-0.4, -0.2) is 23.6 Å². The van der Waals surface area contributed by atoms with Crippen molar-refractivity contribution < 1.29 is 9.50 Å². The van der Waals surface area contributed by atoms with Crippen molar-refractivity contribution in [2.45, 2.75) is 6.10 Å². The van der Waals surface area contributed by atoms with Gasteiger partial charge in [0.05, 0.1) is 22.1 Å². The van der Waals surface area contributed by atoms with E-state index in [1.54, 1.807) is 12.1 Å². The molecule has 0 saturated heterocycles. The normalized spacial score (nSPS) is 12.6. The molecule has 0 aliphatic rings. The number of anilines is 1. The molecule has 0 heterocycles. The lowest BCUT2D eigenvalue weighted by atomic mass is 10.3. The van der Waals surface area contributed by atoms with Gasteiger partial charge in [0.25, 0.3) is 0 Å². The maximum atomic E-state index is 13.6. The summed E-state index contributed by atoms with van der Waals surface area (Å²) in [7, 11) is 0. The van der Waals surface area contributed by atoms with Crippen LogP contribution in [0.15, 0.2) is 21.1 Å². The van der Waals surface area contributed by atoms with E-state index in [1.165, 1.54) is 0 Å². The van der Waals surface area contributed by atoms with E-state index in [1.807, 2.05) is 0 Å². The second-order valence-electron chi connectivity index (χ2n) is 2.91. The van der Waals surface area contributed by atoms with Crippen LogP contribution >= 0.6 is 43.5 Å². The highest BCUT2D eigenvalue weighted by Crippen LogP contribution is 2.30. The number of hydrogen-bond donors (Lipinski definition) is 2. The molecule has 1 aromatic rings. The van der Waals surface area contributed by atoms with Gasteiger partial charge in [-0.2, -0.15) is 0 Å².